The van der Waals surface area contributed by atoms with E-state index in [1.807, 2.05) is 47.2 Å². The van der Waals surface area contributed by atoms with E-state index in [0.29, 0.717) is 12.1 Å². The molecule has 0 spiro atoms. The van der Waals surface area contributed by atoms with E-state index in [2.05, 4.69) is 33.9 Å². The standard InChI is InChI=1S/C21H19BrN4OS/c1-15-3-8-18-19(13-15)28-21(24-18)26(11-2-10-25-12-9-23-14-25)20(27)16-4-6-17(22)7-5-16/h3-9,12-14H,2,10-11H2,1H3. The zero-order chi connectivity index (χ0) is 19.5. The average Bonchev–Trinajstić information content (AvgIpc) is 3.34. The zero-order valence-electron chi connectivity index (χ0n) is 15.4. The molecule has 0 unspecified atom stereocenters. The van der Waals surface area contributed by atoms with Gasteiger partial charge in [0.25, 0.3) is 5.91 Å². The molecule has 7 heteroatoms. The average molecular weight is 455 g/mol. The Labute approximate surface area is 175 Å². The molecule has 5 nitrogen and oxygen atoms in total. The van der Waals surface area contributed by atoms with Crippen LogP contribution in [-0.4, -0.2) is 27.0 Å². The van der Waals surface area contributed by atoms with E-state index in [1.54, 1.807) is 28.8 Å². The first-order valence-corrected chi connectivity index (χ1v) is 10.6. The summed E-state index contributed by atoms with van der Waals surface area (Å²) in [6.45, 7) is 3.45. The predicted octanol–water partition coefficient (Wildman–Crippen LogP) is 5.30. The van der Waals surface area contributed by atoms with E-state index in [0.717, 1.165) is 32.8 Å². The molecule has 2 heterocycles. The van der Waals surface area contributed by atoms with E-state index in [4.69, 9.17) is 4.98 Å². The Kier molecular flexibility index (Phi) is 5.54. The fourth-order valence-corrected chi connectivity index (χ4v) is 4.35. The molecule has 0 atom stereocenters. The van der Waals surface area contributed by atoms with Gasteiger partial charge >= 0.3 is 0 Å². The Bertz CT molecular complexity index is 1090. The summed E-state index contributed by atoms with van der Waals surface area (Å²) in [5.41, 5.74) is 2.77. The SMILES string of the molecule is Cc1ccc2nc(N(CCCn3ccnc3)C(=O)c3ccc(Br)cc3)sc2c1. The number of carbonyl (C=O) groups is 1. The van der Waals surface area contributed by atoms with Gasteiger partial charge in [-0.25, -0.2) is 9.97 Å². The minimum Gasteiger partial charge on any atom is -0.337 e. The number of thiazole rings is 1. The maximum absolute atomic E-state index is 13.3. The highest BCUT2D eigenvalue weighted by molar-refractivity contribution is 9.10. The topological polar surface area (TPSA) is 51.0 Å². The number of anilines is 1. The number of nitrogens with zero attached hydrogens (tertiary/aromatic N) is 4. The summed E-state index contributed by atoms with van der Waals surface area (Å²) in [6.07, 6.45) is 6.30. The number of aromatic nitrogens is 3. The lowest BCUT2D eigenvalue weighted by Crippen LogP contribution is -2.32. The minimum atomic E-state index is -0.0334. The monoisotopic (exact) mass is 454 g/mol. The molecule has 0 aliphatic heterocycles. The molecule has 4 rings (SSSR count). The van der Waals surface area contributed by atoms with E-state index < -0.39 is 0 Å². The molecule has 0 saturated heterocycles. The van der Waals surface area contributed by atoms with Gasteiger partial charge in [-0.15, -0.1) is 0 Å². The van der Waals surface area contributed by atoms with Crippen LogP contribution < -0.4 is 4.90 Å². The Balaban J connectivity index is 1.62. The van der Waals surface area contributed by atoms with Gasteiger partial charge in [-0.2, -0.15) is 0 Å². The van der Waals surface area contributed by atoms with Gasteiger partial charge in [-0.3, -0.25) is 9.69 Å². The molecule has 0 fully saturated rings. The van der Waals surface area contributed by atoms with Crippen molar-refractivity contribution in [3.05, 3.63) is 76.8 Å². The summed E-state index contributed by atoms with van der Waals surface area (Å²) in [5, 5.41) is 0.735. The minimum absolute atomic E-state index is 0.0334. The highest BCUT2D eigenvalue weighted by Gasteiger charge is 2.21. The summed E-state index contributed by atoms with van der Waals surface area (Å²) >= 11 is 4.99. The number of halogens is 1. The molecule has 2 aromatic heterocycles. The fourth-order valence-electron chi connectivity index (χ4n) is 3.00. The van der Waals surface area contributed by atoms with Gasteiger partial charge in [0.05, 0.1) is 16.5 Å². The molecule has 0 saturated carbocycles. The van der Waals surface area contributed by atoms with Crippen LogP contribution in [0.4, 0.5) is 5.13 Å². The molecule has 142 valence electrons. The van der Waals surface area contributed by atoms with Crippen molar-refractivity contribution in [1.82, 2.24) is 14.5 Å². The zero-order valence-corrected chi connectivity index (χ0v) is 17.8. The number of imidazole rings is 1. The van der Waals surface area contributed by atoms with Crippen LogP contribution in [0.3, 0.4) is 0 Å². The number of benzene rings is 2. The Morgan fingerprint density at radius 1 is 1.21 bits per heavy atom. The first-order chi connectivity index (χ1) is 13.6. The number of rotatable bonds is 6. The molecular formula is C21H19BrN4OS. The van der Waals surface area contributed by atoms with E-state index in [9.17, 15) is 4.79 Å². The maximum Gasteiger partial charge on any atom is 0.260 e. The Hall–Kier alpha value is -2.51. The largest absolute Gasteiger partial charge is 0.337 e. The molecule has 0 aliphatic rings. The molecule has 0 aliphatic carbocycles. The van der Waals surface area contributed by atoms with Crippen molar-refractivity contribution < 1.29 is 4.79 Å². The number of fused-ring (bicyclic) bond motifs is 1. The second-order valence-electron chi connectivity index (χ2n) is 6.59. The van der Waals surface area contributed by atoms with Crippen molar-refractivity contribution in [1.29, 1.82) is 0 Å². The fraction of sp³-hybridized carbons (Fsp3) is 0.190. The van der Waals surface area contributed by atoms with Gasteiger partial charge in [-0.1, -0.05) is 33.3 Å². The van der Waals surface area contributed by atoms with Crippen LogP contribution in [0, 0.1) is 6.92 Å². The summed E-state index contributed by atoms with van der Waals surface area (Å²) in [6, 6.07) is 13.6. The summed E-state index contributed by atoms with van der Waals surface area (Å²) < 4.78 is 4.06. The van der Waals surface area contributed by atoms with Crippen molar-refractivity contribution in [2.75, 3.05) is 11.4 Å². The van der Waals surface area contributed by atoms with Crippen LogP contribution in [0.1, 0.15) is 22.3 Å². The van der Waals surface area contributed by atoms with Crippen molar-refractivity contribution in [3.8, 4) is 0 Å². The van der Waals surface area contributed by atoms with Gasteiger partial charge in [0.1, 0.15) is 0 Å². The van der Waals surface area contributed by atoms with E-state index >= 15 is 0 Å². The lowest BCUT2D eigenvalue weighted by Gasteiger charge is -2.20. The van der Waals surface area contributed by atoms with E-state index in [1.165, 1.54) is 5.56 Å². The summed E-state index contributed by atoms with van der Waals surface area (Å²) in [7, 11) is 0. The molecule has 28 heavy (non-hydrogen) atoms. The van der Waals surface area contributed by atoms with Crippen molar-refractivity contribution in [3.63, 3.8) is 0 Å². The molecule has 0 radical (unpaired) electrons. The van der Waals surface area contributed by atoms with Crippen LogP contribution >= 0.6 is 27.3 Å². The van der Waals surface area contributed by atoms with Crippen molar-refractivity contribution in [2.45, 2.75) is 19.9 Å². The van der Waals surface area contributed by atoms with Gasteiger partial charge in [0.15, 0.2) is 5.13 Å². The second kappa shape index (κ2) is 8.24. The third-order valence-electron chi connectivity index (χ3n) is 4.46. The smallest absolute Gasteiger partial charge is 0.260 e. The van der Waals surface area contributed by atoms with Crippen LogP contribution in [-0.2, 0) is 6.54 Å². The Morgan fingerprint density at radius 3 is 2.79 bits per heavy atom. The van der Waals surface area contributed by atoms with Crippen molar-refractivity contribution in [2.24, 2.45) is 0 Å². The van der Waals surface area contributed by atoms with Crippen LogP contribution in [0.2, 0.25) is 0 Å². The molecule has 4 aromatic rings. The van der Waals surface area contributed by atoms with Crippen LogP contribution in [0.25, 0.3) is 10.2 Å². The first-order valence-electron chi connectivity index (χ1n) is 9.00. The third-order valence-corrected chi connectivity index (χ3v) is 6.03. The highest BCUT2D eigenvalue weighted by Crippen LogP contribution is 2.30. The number of aryl methyl sites for hydroxylation is 2. The normalized spacial score (nSPS) is 11.1. The molecule has 0 N–H and O–H groups in total. The highest BCUT2D eigenvalue weighted by atomic mass is 79.9. The number of carbonyl (C=O) groups excluding carboxylic acids is 1. The van der Waals surface area contributed by atoms with Crippen LogP contribution in [0.5, 0.6) is 0 Å². The number of hydrogen-bond donors (Lipinski definition) is 0. The lowest BCUT2D eigenvalue weighted by molar-refractivity contribution is 0.0986. The molecular weight excluding hydrogens is 436 g/mol. The Morgan fingerprint density at radius 2 is 2.04 bits per heavy atom. The van der Waals surface area contributed by atoms with Gasteiger partial charge in [0, 0.05) is 35.5 Å². The quantitative estimate of drug-likeness (QED) is 0.397. The second-order valence-corrected chi connectivity index (χ2v) is 8.51. The summed E-state index contributed by atoms with van der Waals surface area (Å²) in [5.74, 6) is -0.0334. The molecule has 2 aromatic carbocycles. The molecule has 0 bridgehead atoms. The first kappa shape index (κ1) is 18.8. The number of hydrogen-bond acceptors (Lipinski definition) is 4. The molecule has 1 amide bonds. The lowest BCUT2D eigenvalue weighted by atomic mass is 10.2. The number of amides is 1. The summed E-state index contributed by atoms with van der Waals surface area (Å²) in [4.78, 5) is 23.8. The van der Waals surface area contributed by atoms with E-state index in [-0.39, 0.29) is 5.91 Å². The van der Waals surface area contributed by atoms with Gasteiger partial charge < -0.3 is 4.57 Å². The van der Waals surface area contributed by atoms with Gasteiger partial charge in [0.2, 0.25) is 0 Å². The van der Waals surface area contributed by atoms with Gasteiger partial charge in [-0.05, 0) is 55.3 Å². The predicted molar refractivity (Wildman–Crippen MR) is 117 cm³/mol. The van der Waals surface area contributed by atoms with Crippen LogP contribution in [0.15, 0.2) is 65.7 Å². The van der Waals surface area contributed by atoms with Crippen molar-refractivity contribution >= 4 is 48.5 Å². The maximum atomic E-state index is 13.3. The third kappa shape index (κ3) is 4.15.